The smallest absolute Gasteiger partial charge is 0.258 e. The van der Waals surface area contributed by atoms with E-state index in [-0.39, 0.29) is 5.56 Å². The normalized spacial score (nSPS) is 17.2. The van der Waals surface area contributed by atoms with Crippen LogP contribution in [0.1, 0.15) is 17.7 Å². The lowest BCUT2D eigenvalue weighted by atomic mass is 10.2. The van der Waals surface area contributed by atoms with E-state index in [9.17, 15) is 4.79 Å². The third-order valence-corrected chi connectivity index (χ3v) is 3.76. The summed E-state index contributed by atoms with van der Waals surface area (Å²) in [4.78, 5) is 19.2. The molecule has 3 rings (SSSR count). The fraction of sp³-hybridized carbons (Fsp3) is 0.467. The van der Waals surface area contributed by atoms with Crippen LogP contribution in [0.4, 0.5) is 0 Å². The zero-order valence-corrected chi connectivity index (χ0v) is 11.8. The molecule has 5 heteroatoms. The van der Waals surface area contributed by atoms with E-state index >= 15 is 0 Å². The van der Waals surface area contributed by atoms with Gasteiger partial charge in [0, 0.05) is 31.9 Å². The lowest BCUT2D eigenvalue weighted by molar-refractivity contribution is 0.281. The molecule has 0 saturated carbocycles. The van der Waals surface area contributed by atoms with Crippen LogP contribution in [0, 0.1) is 6.92 Å². The van der Waals surface area contributed by atoms with Gasteiger partial charge in [0.2, 0.25) is 0 Å². The average Bonchev–Trinajstić information content (AvgIpc) is 2.69. The summed E-state index contributed by atoms with van der Waals surface area (Å²) in [6.45, 7) is 6.88. The summed E-state index contributed by atoms with van der Waals surface area (Å²) in [5, 5.41) is 3.39. The first-order chi connectivity index (χ1) is 9.74. The number of pyridine rings is 1. The van der Waals surface area contributed by atoms with Gasteiger partial charge in [-0.25, -0.2) is 4.98 Å². The molecule has 2 aromatic rings. The first-order valence-electron chi connectivity index (χ1n) is 7.15. The van der Waals surface area contributed by atoms with Gasteiger partial charge in [-0.2, -0.15) is 0 Å². The highest BCUT2D eigenvalue weighted by molar-refractivity contribution is 5.46. The maximum Gasteiger partial charge on any atom is 0.258 e. The fourth-order valence-electron chi connectivity index (χ4n) is 2.68. The number of aryl methyl sites for hydroxylation is 1. The Bertz CT molecular complexity index is 656. The Morgan fingerprint density at radius 2 is 2.25 bits per heavy atom. The van der Waals surface area contributed by atoms with Crippen LogP contribution in [-0.2, 0) is 6.54 Å². The number of nitrogens with zero attached hydrogens (tertiary/aromatic N) is 3. The molecule has 0 spiro atoms. The molecule has 1 fully saturated rings. The number of fused-ring (bicyclic) bond motifs is 1. The van der Waals surface area contributed by atoms with E-state index in [1.54, 1.807) is 16.7 Å². The average molecular weight is 272 g/mol. The van der Waals surface area contributed by atoms with Gasteiger partial charge in [-0.05, 0) is 38.1 Å². The highest BCUT2D eigenvalue weighted by Crippen LogP contribution is 2.08. The summed E-state index contributed by atoms with van der Waals surface area (Å²) in [5.74, 6) is 0. The van der Waals surface area contributed by atoms with Crippen molar-refractivity contribution in [2.75, 3.05) is 26.2 Å². The van der Waals surface area contributed by atoms with Gasteiger partial charge >= 0.3 is 0 Å². The molecular weight excluding hydrogens is 252 g/mol. The second-order valence-corrected chi connectivity index (χ2v) is 5.35. The standard InChI is InChI=1S/C15H20N4O/c1-12-4-2-8-19-14(20)10-13(17-15(12)19)11-18-7-3-5-16-6-9-18/h2,4,8,10,16H,3,5-7,9,11H2,1H3. The molecule has 0 atom stereocenters. The Balaban J connectivity index is 1.92. The van der Waals surface area contributed by atoms with Crippen molar-refractivity contribution in [1.29, 1.82) is 0 Å². The van der Waals surface area contributed by atoms with Crippen LogP contribution < -0.4 is 10.9 Å². The Labute approximate surface area is 118 Å². The van der Waals surface area contributed by atoms with E-state index in [2.05, 4.69) is 15.2 Å². The van der Waals surface area contributed by atoms with Crippen molar-refractivity contribution < 1.29 is 0 Å². The second kappa shape index (κ2) is 5.73. The topological polar surface area (TPSA) is 49.6 Å². The molecule has 1 aliphatic rings. The molecule has 2 aromatic heterocycles. The Morgan fingerprint density at radius 1 is 1.35 bits per heavy atom. The SMILES string of the molecule is Cc1cccn2c(=O)cc(CN3CCCNCC3)nc12. The van der Waals surface area contributed by atoms with Crippen LogP contribution >= 0.6 is 0 Å². The highest BCUT2D eigenvalue weighted by Gasteiger charge is 2.11. The van der Waals surface area contributed by atoms with E-state index in [1.165, 1.54) is 0 Å². The summed E-state index contributed by atoms with van der Waals surface area (Å²) in [6, 6.07) is 5.53. The second-order valence-electron chi connectivity index (χ2n) is 5.35. The monoisotopic (exact) mass is 272 g/mol. The van der Waals surface area contributed by atoms with Crippen molar-refractivity contribution in [2.45, 2.75) is 19.9 Å². The van der Waals surface area contributed by atoms with Crippen molar-refractivity contribution in [1.82, 2.24) is 19.6 Å². The third-order valence-electron chi connectivity index (χ3n) is 3.76. The van der Waals surface area contributed by atoms with Crippen LogP contribution in [0.5, 0.6) is 0 Å². The number of hydrogen-bond donors (Lipinski definition) is 1. The van der Waals surface area contributed by atoms with Crippen LogP contribution in [0.15, 0.2) is 29.2 Å². The molecule has 0 bridgehead atoms. The molecule has 0 aliphatic carbocycles. The molecule has 1 aliphatic heterocycles. The molecule has 106 valence electrons. The van der Waals surface area contributed by atoms with E-state index in [1.807, 2.05) is 19.1 Å². The maximum atomic E-state index is 12.2. The largest absolute Gasteiger partial charge is 0.315 e. The third kappa shape index (κ3) is 2.73. The summed E-state index contributed by atoms with van der Waals surface area (Å²) < 4.78 is 1.61. The molecule has 0 unspecified atom stereocenters. The van der Waals surface area contributed by atoms with Crippen molar-refractivity contribution in [3.8, 4) is 0 Å². The Kier molecular flexibility index (Phi) is 3.80. The Morgan fingerprint density at radius 3 is 3.15 bits per heavy atom. The minimum atomic E-state index is 0.00152. The quantitative estimate of drug-likeness (QED) is 0.878. The molecule has 0 aromatic carbocycles. The zero-order chi connectivity index (χ0) is 13.9. The van der Waals surface area contributed by atoms with E-state index < -0.39 is 0 Å². The van der Waals surface area contributed by atoms with Crippen molar-refractivity contribution in [3.05, 3.63) is 46.0 Å². The van der Waals surface area contributed by atoms with Crippen LogP contribution in [0.2, 0.25) is 0 Å². The summed E-state index contributed by atoms with van der Waals surface area (Å²) in [5.41, 5.74) is 2.67. The number of rotatable bonds is 2. The molecule has 1 saturated heterocycles. The van der Waals surface area contributed by atoms with Gasteiger partial charge in [0.1, 0.15) is 5.65 Å². The summed E-state index contributed by atoms with van der Waals surface area (Å²) in [7, 11) is 0. The lowest BCUT2D eigenvalue weighted by Gasteiger charge is -2.19. The maximum absolute atomic E-state index is 12.2. The minimum Gasteiger partial charge on any atom is -0.315 e. The summed E-state index contributed by atoms with van der Waals surface area (Å²) >= 11 is 0. The number of hydrogen-bond acceptors (Lipinski definition) is 4. The fourth-order valence-corrected chi connectivity index (χ4v) is 2.68. The van der Waals surface area contributed by atoms with Gasteiger partial charge in [-0.15, -0.1) is 0 Å². The van der Waals surface area contributed by atoms with Crippen molar-refractivity contribution >= 4 is 5.65 Å². The zero-order valence-electron chi connectivity index (χ0n) is 11.8. The number of aromatic nitrogens is 2. The van der Waals surface area contributed by atoms with Gasteiger partial charge in [-0.3, -0.25) is 14.1 Å². The van der Waals surface area contributed by atoms with Gasteiger partial charge in [0.15, 0.2) is 0 Å². The molecule has 0 radical (unpaired) electrons. The van der Waals surface area contributed by atoms with Gasteiger partial charge < -0.3 is 5.32 Å². The van der Waals surface area contributed by atoms with E-state index in [0.717, 1.165) is 56.0 Å². The van der Waals surface area contributed by atoms with Crippen LogP contribution in [0.25, 0.3) is 5.65 Å². The Hall–Kier alpha value is -1.72. The molecule has 20 heavy (non-hydrogen) atoms. The first kappa shape index (κ1) is 13.3. The molecule has 5 nitrogen and oxygen atoms in total. The summed E-state index contributed by atoms with van der Waals surface area (Å²) in [6.07, 6.45) is 2.92. The molecule has 3 heterocycles. The predicted molar refractivity (Wildman–Crippen MR) is 79.0 cm³/mol. The van der Waals surface area contributed by atoms with Gasteiger partial charge in [0.25, 0.3) is 5.56 Å². The van der Waals surface area contributed by atoms with Gasteiger partial charge in [0.05, 0.1) is 5.69 Å². The number of nitrogens with one attached hydrogen (secondary N) is 1. The molecular formula is C15H20N4O. The lowest BCUT2D eigenvalue weighted by Crippen LogP contribution is -2.29. The first-order valence-corrected chi connectivity index (χ1v) is 7.15. The van der Waals surface area contributed by atoms with E-state index in [4.69, 9.17) is 0 Å². The van der Waals surface area contributed by atoms with E-state index in [0.29, 0.717) is 0 Å². The minimum absolute atomic E-state index is 0.00152. The van der Waals surface area contributed by atoms with Crippen molar-refractivity contribution in [2.24, 2.45) is 0 Å². The molecule has 1 N–H and O–H groups in total. The van der Waals surface area contributed by atoms with Crippen LogP contribution in [-0.4, -0.2) is 40.5 Å². The highest BCUT2D eigenvalue weighted by atomic mass is 16.1. The van der Waals surface area contributed by atoms with Crippen LogP contribution in [0.3, 0.4) is 0 Å². The molecule has 0 amide bonds. The van der Waals surface area contributed by atoms with Gasteiger partial charge in [-0.1, -0.05) is 6.07 Å². The predicted octanol–water partition coefficient (Wildman–Crippen LogP) is 0.798. The van der Waals surface area contributed by atoms with Crippen molar-refractivity contribution in [3.63, 3.8) is 0 Å².